The molecule has 3 atom stereocenters. The van der Waals surface area contributed by atoms with Gasteiger partial charge in [-0.3, -0.25) is 4.79 Å². The molecule has 1 aliphatic heterocycles. The average molecular weight is 438 g/mol. The van der Waals surface area contributed by atoms with Gasteiger partial charge in [-0.1, -0.05) is 86.1 Å². The monoisotopic (exact) mass is 437 g/mol. The van der Waals surface area contributed by atoms with Crippen LogP contribution in [0.3, 0.4) is 0 Å². The van der Waals surface area contributed by atoms with Gasteiger partial charge in [-0.15, -0.1) is 0 Å². The van der Waals surface area contributed by atoms with Crippen LogP contribution in [0, 0.1) is 0 Å². The second-order valence-corrected chi connectivity index (χ2v) is 9.56. The molecule has 1 fully saturated rings. The van der Waals surface area contributed by atoms with E-state index in [2.05, 4.69) is 60.7 Å². The summed E-state index contributed by atoms with van der Waals surface area (Å²) in [7, 11) is 0. The van der Waals surface area contributed by atoms with Crippen molar-refractivity contribution in [3.8, 4) is 0 Å². The Morgan fingerprint density at radius 2 is 1.27 bits per heavy atom. The summed E-state index contributed by atoms with van der Waals surface area (Å²) in [4.78, 5) is 15.8. The number of nitrogens with zero attached hydrogens (tertiary/aromatic N) is 1. The molecule has 0 bridgehead atoms. The maximum Gasteiger partial charge on any atom is 0.255 e. The van der Waals surface area contributed by atoms with Crippen molar-refractivity contribution in [3.05, 3.63) is 96.1 Å². The number of carbonyl (C=O) groups excluding carboxylic acids is 1. The van der Waals surface area contributed by atoms with Crippen LogP contribution >= 0.6 is 0 Å². The maximum atomic E-state index is 13.8. The third-order valence-electron chi connectivity index (χ3n) is 7.13. The van der Waals surface area contributed by atoms with Gasteiger partial charge in [-0.25, -0.2) is 0 Å². The van der Waals surface area contributed by atoms with Gasteiger partial charge in [-0.2, -0.15) is 0 Å². The topological polar surface area (TPSA) is 40.5 Å². The smallest absolute Gasteiger partial charge is 0.255 e. The summed E-state index contributed by atoms with van der Waals surface area (Å²) in [5, 5.41) is 15.9. The zero-order valence-electron chi connectivity index (χ0n) is 19.4. The average Bonchev–Trinajstić information content (AvgIpc) is 3.28. The van der Waals surface area contributed by atoms with Gasteiger partial charge >= 0.3 is 0 Å². The highest BCUT2D eigenvalue weighted by molar-refractivity contribution is 5.87. The lowest BCUT2D eigenvalue weighted by molar-refractivity contribution is -0.153. The Labute approximate surface area is 195 Å². The van der Waals surface area contributed by atoms with E-state index in [1.165, 1.54) is 21.5 Å². The lowest BCUT2D eigenvalue weighted by Gasteiger charge is -2.36. The minimum atomic E-state index is -1.37. The molecular weight excluding hydrogens is 406 g/mol. The molecule has 168 valence electrons. The minimum Gasteiger partial charge on any atom is -0.380 e. The van der Waals surface area contributed by atoms with E-state index in [-0.39, 0.29) is 18.0 Å². The van der Waals surface area contributed by atoms with Gasteiger partial charge in [0.1, 0.15) is 5.60 Å². The molecule has 0 saturated carbocycles. The highest BCUT2D eigenvalue weighted by Crippen LogP contribution is 2.46. The predicted molar refractivity (Wildman–Crippen MR) is 135 cm³/mol. The summed E-state index contributed by atoms with van der Waals surface area (Å²) in [5.74, 6) is -0.168. The Bertz CT molecular complexity index is 1220. The van der Waals surface area contributed by atoms with Crippen LogP contribution in [0.25, 0.3) is 21.5 Å². The molecule has 33 heavy (non-hydrogen) atoms. The van der Waals surface area contributed by atoms with Crippen molar-refractivity contribution in [2.45, 2.75) is 57.2 Å². The van der Waals surface area contributed by atoms with E-state index in [9.17, 15) is 9.90 Å². The molecule has 3 nitrogen and oxygen atoms in total. The third-order valence-corrected chi connectivity index (χ3v) is 7.13. The molecule has 1 heterocycles. The van der Waals surface area contributed by atoms with Crippen LogP contribution in [0.2, 0.25) is 0 Å². The minimum absolute atomic E-state index is 0.0538. The van der Waals surface area contributed by atoms with Crippen molar-refractivity contribution in [3.63, 3.8) is 0 Å². The molecule has 1 amide bonds. The summed E-state index contributed by atoms with van der Waals surface area (Å²) in [6, 6.07) is 29.5. The fraction of sp³-hybridized carbons (Fsp3) is 0.300. The van der Waals surface area contributed by atoms with E-state index in [4.69, 9.17) is 0 Å². The summed E-state index contributed by atoms with van der Waals surface area (Å²) in [6.07, 6.45) is 2.97. The van der Waals surface area contributed by atoms with Gasteiger partial charge < -0.3 is 10.0 Å². The molecule has 0 aromatic heterocycles. The standard InChI is InChI=1S/C30H31NO2/c1-3-18-30(2,33)29(32)31-27(25-14-12-21-8-4-6-10-23(21)19-25)16-17-28(31)26-15-13-22-9-5-7-11-24(22)20-26/h4-15,19-20,27-28,33H,3,16-18H2,1-2H3/t27-,28-,30+/m0/s1. The highest BCUT2D eigenvalue weighted by atomic mass is 16.3. The van der Waals surface area contributed by atoms with Crippen molar-refractivity contribution < 1.29 is 9.90 Å². The molecule has 3 heteroatoms. The fourth-order valence-electron chi connectivity index (χ4n) is 5.45. The Balaban J connectivity index is 1.58. The zero-order chi connectivity index (χ0) is 23.0. The van der Waals surface area contributed by atoms with Crippen LogP contribution in [-0.4, -0.2) is 21.5 Å². The molecule has 0 unspecified atom stereocenters. The van der Waals surface area contributed by atoms with E-state index in [1.54, 1.807) is 6.92 Å². The summed E-state index contributed by atoms with van der Waals surface area (Å²) < 4.78 is 0. The first-order chi connectivity index (χ1) is 16.0. The molecule has 0 radical (unpaired) electrons. The van der Waals surface area contributed by atoms with Crippen molar-refractivity contribution in [2.24, 2.45) is 0 Å². The van der Waals surface area contributed by atoms with Crippen LogP contribution in [0.5, 0.6) is 0 Å². The van der Waals surface area contributed by atoms with Gasteiger partial charge in [0.15, 0.2) is 0 Å². The maximum absolute atomic E-state index is 13.8. The number of likely N-dealkylation sites (tertiary alicyclic amines) is 1. The number of aliphatic hydroxyl groups is 1. The van der Waals surface area contributed by atoms with Crippen LogP contribution in [0.4, 0.5) is 0 Å². The van der Waals surface area contributed by atoms with E-state index in [0.717, 1.165) is 30.4 Å². The van der Waals surface area contributed by atoms with Crippen molar-refractivity contribution in [1.82, 2.24) is 4.90 Å². The molecule has 1 saturated heterocycles. The third kappa shape index (κ3) is 4.02. The second-order valence-electron chi connectivity index (χ2n) is 9.56. The van der Waals surface area contributed by atoms with Gasteiger partial charge in [0, 0.05) is 0 Å². The number of fused-ring (bicyclic) bond motifs is 2. The lowest BCUT2D eigenvalue weighted by Crippen LogP contribution is -2.47. The van der Waals surface area contributed by atoms with Crippen molar-refractivity contribution in [1.29, 1.82) is 0 Å². The second kappa shape index (κ2) is 8.64. The molecular formula is C30H31NO2. The Morgan fingerprint density at radius 3 is 1.73 bits per heavy atom. The highest BCUT2D eigenvalue weighted by Gasteiger charge is 2.44. The first-order valence-corrected chi connectivity index (χ1v) is 12.0. The first kappa shape index (κ1) is 21.7. The molecule has 5 rings (SSSR count). The Kier molecular flexibility index (Phi) is 5.67. The summed E-state index contributed by atoms with van der Waals surface area (Å²) in [5.41, 5.74) is 0.902. The predicted octanol–water partition coefficient (Wildman–Crippen LogP) is 6.95. The van der Waals surface area contributed by atoms with Gasteiger partial charge in [-0.05, 0) is 71.0 Å². The van der Waals surface area contributed by atoms with E-state index < -0.39 is 5.60 Å². The quantitative estimate of drug-likeness (QED) is 0.367. The number of hydrogen-bond donors (Lipinski definition) is 1. The number of amides is 1. The molecule has 0 spiro atoms. The van der Waals surface area contributed by atoms with Crippen LogP contribution in [-0.2, 0) is 4.79 Å². The molecule has 0 aliphatic carbocycles. The SMILES string of the molecule is CCC[C@@](C)(O)C(=O)N1[C@H](c2ccc3ccccc3c2)CC[C@H]1c1ccc2ccccc2c1. The Morgan fingerprint density at radius 1 is 0.818 bits per heavy atom. The zero-order valence-corrected chi connectivity index (χ0v) is 19.4. The van der Waals surface area contributed by atoms with Gasteiger partial charge in [0.25, 0.3) is 5.91 Å². The molecule has 4 aromatic carbocycles. The number of hydrogen-bond acceptors (Lipinski definition) is 2. The largest absolute Gasteiger partial charge is 0.380 e. The van der Waals surface area contributed by atoms with E-state index in [1.807, 2.05) is 36.1 Å². The van der Waals surface area contributed by atoms with Crippen LogP contribution < -0.4 is 0 Å². The number of carbonyl (C=O) groups is 1. The van der Waals surface area contributed by atoms with E-state index in [0.29, 0.717) is 6.42 Å². The molecule has 4 aromatic rings. The number of benzene rings is 4. The normalized spacial score (nSPS) is 20.3. The lowest BCUT2D eigenvalue weighted by atomic mass is 9.95. The number of rotatable bonds is 5. The molecule has 1 N–H and O–H groups in total. The fourth-order valence-corrected chi connectivity index (χ4v) is 5.45. The van der Waals surface area contributed by atoms with Crippen LogP contribution in [0.1, 0.15) is 62.7 Å². The van der Waals surface area contributed by atoms with Crippen molar-refractivity contribution in [2.75, 3.05) is 0 Å². The first-order valence-electron chi connectivity index (χ1n) is 12.0. The summed E-state index contributed by atoms with van der Waals surface area (Å²) in [6.45, 7) is 3.68. The summed E-state index contributed by atoms with van der Waals surface area (Å²) >= 11 is 0. The Hall–Kier alpha value is -3.17. The van der Waals surface area contributed by atoms with Crippen LogP contribution in [0.15, 0.2) is 84.9 Å². The van der Waals surface area contributed by atoms with Gasteiger partial charge in [0.05, 0.1) is 12.1 Å². The van der Waals surface area contributed by atoms with E-state index >= 15 is 0 Å². The molecule has 1 aliphatic rings. The van der Waals surface area contributed by atoms with Gasteiger partial charge in [0.2, 0.25) is 0 Å². The van der Waals surface area contributed by atoms with Crippen molar-refractivity contribution >= 4 is 27.5 Å².